The van der Waals surface area contributed by atoms with E-state index in [0.717, 1.165) is 5.56 Å². The van der Waals surface area contributed by atoms with E-state index in [2.05, 4.69) is 5.32 Å². The second-order valence-electron chi connectivity index (χ2n) is 9.25. The highest BCUT2D eigenvalue weighted by atomic mass is 16.7. The molecule has 2 fully saturated rings. The van der Waals surface area contributed by atoms with Gasteiger partial charge in [0.05, 0.1) is 25.4 Å². The van der Waals surface area contributed by atoms with Crippen LogP contribution in [0.5, 0.6) is 0 Å². The molecule has 2 heterocycles. The van der Waals surface area contributed by atoms with E-state index in [9.17, 15) is 30.0 Å². The maximum Gasteiger partial charge on any atom is 0.338 e. The molecule has 39 heavy (non-hydrogen) atoms. The van der Waals surface area contributed by atoms with Crippen LogP contribution in [0.1, 0.15) is 22.3 Å². The van der Waals surface area contributed by atoms with Crippen molar-refractivity contribution in [1.82, 2.24) is 5.32 Å². The van der Waals surface area contributed by atoms with Gasteiger partial charge in [-0.2, -0.15) is 0 Å². The van der Waals surface area contributed by atoms with Gasteiger partial charge in [0, 0.05) is 18.5 Å². The third kappa shape index (κ3) is 7.08. The predicted octanol–water partition coefficient (Wildman–Crippen LogP) is -1.78. The highest BCUT2D eigenvalue weighted by molar-refractivity contribution is 5.94. The van der Waals surface area contributed by atoms with Crippen LogP contribution in [0.15, 0.2) is 42.0 Å². The number of hydrogen-bond donors (Lipinski definition) is 6. The Balaban J connectivity index is 1.29. The van der Waals surface area contributed by atoms with E-state index in [1.165, 1.54) is 0 Å². The van der Waals surface area contributed by atoms with Gasteiger partial charge in [0.25, 0.3) is 0 Å². The Morgan fingerprint density at radius 1 is 1.05 bits per heavy atom. The minimum absolute atomic E-state index is 0.000518. The molecule has 2 saturated heterocycles. The van der Waals surface area contributed by atoms with Crippen molar-refractivity contribution in [2.45, 2.75) is 55.4 Å². The summed E-state index contributed by atoms with van der Waals surface area (Å²) in [6.45, 7) is -0.616. The summed E-state index contributed by atoms with van der Waals surface area (Å²) in [6.07, 6.45) is -3.41. The molecule has 4 rings (SSSR count). The molecule has 0 spiro atoms. The first-order valence-corrected chi connectivity index (χ1v) is 12.5. The minimum atomic E-state index is -1.52. The number of aliphatic hydroxyl groups excluding tert-OH is 5. The molecule has 8 unspecified atom stereocenters. The Kier molecular flexibility index (Phi) is 10.2. The predicted molar refractivity (Wildman–Crippen MR) is 132 cm³/mol. The summed E-state index contributed by atoms with van der Waals surface area (Å²) >= 11 is 0. The number of esters is 1. The third-order valence-electron chi connectivity index (χ3n) is 6.61. The number of nitrogens with one attached hydrogen (secondary N) is 1. The van der Waals surface area contributed by atoms with Crippen molar-refractivity contribution in [3.63, 3.8) is 0 Å². The Bertz CT molecular complexity index is 1040. The summed E-state index contributed by atoms with van der Waals surface area (Å²) < 4.78 is 27.4. The number of hydrogen-bond acceptors (Lipinski definition) is 12. The molecular formula is C26H33NO12. The number of amides is 1. The molecule has 0 saturated carbocycles. The van der Waals surface area contributed by atoms with Gasteiger partial charge in [-0.25, -0.2) is 4.79 Å². The number of fused-ring (bicyclic) bond motifs is 1. The number of carbonyl (C=O) groups excluding carboxylic acids is 2. The maximum atomic E-state index is 12.8. The van der Waals surface area contributed by atoms with Gasteiger partial charge in [-0.15, -0.1) is 0 Å². The highest BCUT2D eigenvalue weighted by Gasteiger charge is 2.44. The monoisotopic (exact) mass is 551 g/mol. The number of carbonyl (C=O) groups is 2. The summed E-state index contributed by atoms with van der Waals surface area (Å²) in [5.74, 6) is -0.960. The fourth-order valence-corrected chi connectivity index (χ4v) is 4.48. The second kappa shape index (κ2) is 13.6. The SMILES string of the molecule is O=C(NCCO)C1=CC2OCOC2C(OC(=O)c2ccc(C=CCOC3OC(CO)C(O)C(O)C3O)cc2)C1. The molecule has 214 valence electrons. The summed E-state index contributed by atoms with van der Waals surface area (Å²) in [5, 5.41) is 50.4. The van der Waals surface area contributed by atoms with Crippen molar-refractivity contribution in [2.24, 2.45) is 0 Å². The smallest absolute Gasteiger partial charge is 0.338 e. The van der Waals surface area contributed by atoms with E-state index in [1.54, 1.807) is 42.5 Å². The Labute approximate surface area is 224 Å². The van der Waals surface area contributed by atoms with Crippen molar-refractivity contribution >= 4 is 18.0 Å². The zero-order valence-electron chi connectivity index (χ0n) is 21.0. The molecule has 3 aliphatic rings. The lowest BCUT2D eigenvalue weighted by molar-refractivity contribution is -0.298. The molecular weight excluding hydrogens is 518 g/mol. The Morgan fingerprint density at radius 2 is 1.82 bits per heavy atom. The highest BCUT2D eigenvalue weighted by Crippen LogP contribution is 2.31. The zero-order chi connectivity index (χ0) is 27.9. The van der Waals surface area contributed by atoms with Crippen LogP contribution in [0.4, 0.5) is 0 Å². The molecule has 0 radical (unpaired) electrons. The normalized spacial score (nSPS) is 32.5. The summed E-state index contributed by atoms with van der Waals surface area (Å²) in [7, 11) is 0. The number of benzene rings is 1. The van der Waals surface area contributed by atoms with Gasteiger partial charge in [0.2, 0.25) is 5.91 Å². The first kappa shape index (κ1) is 29.3. The molecule has 13 heteroatoms. The van der Waals surface area contributed by atoms with Crippen molar-refractivity contribution < 1.29 is 58.8 Å². The van der Waals surface area contributed by atoms with Crippen LogP contribution < -0.4 is 5.32 Å². The molecule has 13 nitrogen and oxygen atoms in total. The number of ether oxygens (including phenoxy) is 5. The molecule has 1 amide bonds. The average Bonchev–Trinajstić information content (AvgIpc) is 3.43. The van der Waals surface area contributed by atoms with E-state index >= 15 is 0 Å². The molecule has 6 N–H and O–H groups in total. The first-order valence-electron chi connectivity index (χ1n) is 12.5. The van der Waals surface area contributed by atoms with Crippen molar-refractivity contribution in [3.8, 4) is 0 Å². The largest absolute Gasteiger partial charge is 0.456 e. The van der Waals surface area contributed by atoms with Crippen molar-refractivity contribution in [1.29, 1.82) is 0 Å². The van der Waals surface area contributed by atoms with Gasteiger partial charge in [0.15, 0.2) is 6.29 Å². The van der Waals surface area contributed by atoms with E-state index in [0.29, 0.717) is 11.1 Å². The van der Waals surface area contributed by atoms with Gasteiger partial charge in [-0.05, 0) is 23.8 Å². The summed E-state index contributed by atoms with van der Waals surface area (Å²) in [5.41, 5.74) is 1.42. The van der Waals surface area contributed by atoms with Gasteiger partial charge in [0.1, 0.15) is 49.5 Å². The second-order valence-corrected chi connectivity index (χ2v) is 9.25. The molecule has 0 aromatic heterocycles. The summed E-state index contributed by atoms with van der Waals surface area (Å²) in [4.78, 5) is 25.2. The van der Waals surface area contributed by atoms with Crippen LogP contribution in [0, 0.1) is 0 Å². The van der Waals surface area contributed by atoms with Crippen LogP contribution in [0.25, 0.3) is 6.08 Å². The molecule has 2 aliphatic heterocycles. The van der Waals surface area contributed by atoms with E-state index in [4.69, 9.17) is 28.8 Å². The first-order chi connectivity index (χ1) is 18.8. The van der Waals surface area contributed by atoms with Crippen LogP contribution >= 0.6 is 0 Å². The van der Waals surface area contributed by atoms with E-state index in [-0.39, 0.29) is 38.9 Å². The van der Waals surface area contributed by atoms with Gasteiger partial charge < -0.3 is 54.5 Å². The standard InChI is InChI=1S/C26H33NO12/c28-8-7-27-24(33)16-10-17-23(37-13-36-17)18(11-16)38-25(34)15-5-3-14(4-6-15)2-1-9-35-26-22(32)21(31)20(30)19(12-29)39-26/h1-6,10,17-23,26,28-32H,7-9,11-13H2,(H,27,33). The summed E-state index contributed by atoms with van der Waals surface area (Å²) in [6, 6.07) is 6.54. The lowest BCUT2D eigenvalue weighted by atomic mass is 9.91. The molecule has 0 bridgehead atoms. The maximum absolute atomic E-state index is 12.8. The van der Waals surface area contributed by atoms with Crippen LogP contribution in [0.2, 0.25) is 0 Å². The quantitative estimate of drug-likeness (QED) is 0.179. The Morgan fingerprint density at radius 3 is 2.54 bits per heavy atom. The van der Waals surface area contributed by atoms with E-state index in [1.807, 2.05) is 0 Å². The van der Waals surface area contributed by atoms with Crippen LogP contribution in [-0.2, 0) is 28.5 Å². The molecule has 8 atom stereocenters. The minimum Gasteiger partial charge on any atom is -0.456 e. The average molecular weight is 552 g/mol. The Hall–Kier alpha value is -2.72. The van der Waals surface area contributed by atoms with Crippen molar-refractivity contribution in [3.05, 3.63) is 53.1 Å². The number of aliphatic hydroxyl groups is 5. The lowest BCUT2D eigenvalue weighted by Crippen LogP contribution is -2.59. The molecule has 1 aromatic carbocycles. The molecule has 1 aromatic rings. The van der Waals surface area contributed by atoms with Gasteiger partial charge >= 0.3 is 5.97 Å². The zero-order valence-corrected chi connectivity index (χ0v) is 21.0. The van der Waals surface area contributed by atoms with Crippen molar-refractivity contribution in [2.75, 3.05) is 33.2 Å². The van der Waals surface area contributed by atoms with Gasteiger partial charge in [-0.1, -0.05) is 24.3 Å². The van der Waals surface area contributed by atoms with Crippen LogP contribution in [0.3, 0.4) is 0 Å². The lowest BCUT2D eigenvalue weighted by Gasteiger charge is -2.39. The fourth-order valence-electron chi connectivity index (χ4n) is 4.48. The van der Waals surface area contributed by atoms with Crippen LogP contribution in [-0.4, -0.2) is 120 Å². The van der Waals surface area contributed by atoms with Gasteiger partial charge in [-0.3, -0.25) is 4.79 Å². The topological polar surface area (TPSA) is 193 Å². The number of rotatable bonds is 10. The molecule has 1 aliphatic carbocycles. The third-order valence-corrected chi connectivity index (χ3v) is 6.61. The van der Waals surface area contributed by atoms with E-state index < -0.39 is 61.6 Å². The fraction of sp³-hybridized carbons (Fsp3) is 0.538.